The van der Waals surface area contributed by atoms with E-state index in [-0.39, 0.29) is 36.8 Å². The van der Waals surface area contributed by atoms with Crippen molar-refractivity contribution in [3.63, 3.8) is 0 Å². The van der Waals surface area contributed by atoms with Gasteiger partial charge >= 0.3 is 0 Å². The van der Waals surface area contributed by atoms with Crippen molar-refractivity contribution in [2.45, 2.75) is 26.3 Å². The highest BCUT2D eigenvalue weighted by Crippen LogP contribution is 2.16. The summed E-state index contributed by atoms with van der Waals surface area (Å²) in [4.78, 5) is 23.4. The Hall–Kier alpha value is -1.08. The third kappa shape index (κ3) is 6.91. The molecule has 150 valence electrons. The van der Waals surface area contributed by atoms with Crippen LogP contribution in [0.15, 0.2) is 18.3 Å². The molecular weight excluding hydrogens is 373 g/mol. The summed E-state index contributed by atoms with van der Waals surface area (Å²) in [7, 11) is 3.97. The topological polar surface area (TPSA) is 65.7 Å². The molecule has 0 radical (unpaired) electrons. The van der Waals surface area contributed by atoms with Crippen LogP contribution >= 0.6 is 24.8 Å². The molecule has 0 saturated carbocycles. The summed E-state index contributed by atoms with van der Waals surface area (Å²) in [6, 6.07) is 3.83. The molecule has 1 amide bonds. The van der Waals surface area contributed by atoms with E-state index in [1.54, 1.807) is 17.2 Å². The van der Waals surface area contributed by atoms with E-state index in [1.165, 1.54) is 0 Å². The number of carbonyl (C=O) groups excluding carboxylic acids is 1. The minimum atomic E-state index is 0. The maximum Gasteiger partial charge on any atom is 0.253 e. The third-order valence-corrected chi connectivity index (χ3v) is 4.82. The van der Waals surface area contributed by atoms with Gasteiger partial charge in [0.05, 0.1) is 0 Å². The summed E-state index contributed by atoms with van der Waals surface area (Å²) in [6.07, 6.45) is 2.55. The van der Waals surface area contributed by atoms with E-state index in [9.17, 15) is 4.79 Å². The number of pyridine rings is 1. The van der Waals surface area contributed by atoms with E-state index < -0.39 is 0 Å². The molecule has 8 heteroatoms. The second-order valence-electron chi connectivity index (χ2n) is 7.12. The van der Waals surface area contributed by atoms with Gasteiger partial charge in [0.25, 0.3) is 5.91 Å². The minimum absolute atomic E-state index is 0. The van der Waals surface area contributed by atoms with Gasteiger partial charge in [-0.25, -0.2) is 4.98 Å². The van der Waals surface area contributed by atoms with E-state index >= 15 is 0 Å². The highest BCUT2D eigenvalue weighted by molar-refractivity contribution is 5.94. The lowest BCUT2D eigenvalue weighted by atomic mass is 10.0. The van der Waals surface area contributed by atoms with Gasteiger partial charge in [-0.05, 0) is 31.5 Å². The van der Waals surface area contributed by atoms with Crippen LogP contribution < -0.4 is 10.6 Å². The van der Waals surface area contributed by atoms with Gasteiger partial charge in [0.1, 0.15) is 5.82 Å². The number of aromatic nitrogens is 1. The van der Waals surface area contributed by atoms with Gasteiger partial charge in [0.2, 0.25) is 0 Å². The number of carbonyl (C=O) groups is 1. The minimum Gasteiger partial charge on any atom is -0.354 e. The van der Waals surface area contributed by atoms with E-state index in [0.29, 0.717) is 18.0 Å². The van der Waals surface area contributed by atoms with Gasteiger partial charge in [-0.1, -0.05) is 13.8 Å². The van der Waals surface area contributed by atoms with Crippen molar-refractivity contribution >= 4 is 36.5 Å². The van der Waals surface area contributed by atoms with Crippen molar-refractivity contribution < 1.29 is 4.79 Å². The second kappa shape index (κ2) is 11.6. The molecule has 1 aromatic heterocycles. The fourth-order valence-electron chi connectivity index (χ4n) is 2.76. The van der Waals surface area contributed by atoms with Gasteiger partial charge in [-0.15, -0.1) is 24.8 Å². The van der Waals surface area contributed by atoms with Gasteiger partial charge in [-0.3, -0.25) is 4.79 Å². The number of nitrogens with zero attached hydrogens (tertiary/aromatic N) is 4. The van der Waals surface area contributed by atoms with Crippen molar-refractivity contribution in [2.75, 3.05) is 51.7 Å². The molecular formula is C18H33Cl2N5O. The number of nitrogens with two attached hydrogens (primary N) is 1. The maximum atomic E-state index is 12.6. The molecule has 1 unspecified atom stereocenters. The molecule has 26 heavy (non-hydrogen) atoms. The number of amides is 1. The average Bonchev–Trinajstić information content (AvgIpc) is 2.59. The van der Waals surface area contributed by atoms with Gasteiger partial charge in [0, 0.05) is 57.6 Å². The lowest BCUT2D eigenvalue weighted by molar-refractivity contribution is 0.0789. The molecule has 1 atom stereocenters. The predicted molar refractivity (Wildman–Crippen MR) is 113 cm³/mol. The van der Waals surface area contributed by atoms with Crippen LogP contribution in [0.25, 0.3) is 0 Å². The number of hydrogen-bond acceptors (Lipinski definition) is 5. The number of halogens is 2. The Morgan fingerprint density at radius 2 is 1.88 bits per heavy atom. The molecule has 0 aliphatic carbocycles. The Bertz CT molecular complexity index is 550. The van der Waals surface area contributed by atoms with Crippen LogP contribution in [0.2, 0.25) is 0 Å². The fraction of sp³-hybridized carbons (Fsp3) is 0.667. The molecule has 0 bridgehead atoms. The smallest absolute Gasteiger partial charge is 0.253 e. The molecule has 1 aliphatic rings. The number of likely N-dealkylation sites (N-methyl/N-ethyl adjacent to an activating group) is 1. The molecule has 1 aliphatic heterocycles. The Balaban J connectivity index is 0.00000312. The van der Waals surface area contributed by atoms with Gasteiger partial charge in [0.15, 0.2) is 0 Å². The summed E-state index contributed by atoms with van der Waals surface area (Å²) < 4.78 is 0. The van der Waals surface area contributed by atoms with Crippen LogP contribution in [0, 0.1) is 5.92 Å². The van der Waals surface area contributed by atoms with E-state index in [1.807, 2.05) is 13.1 Å². The van der Waals surface area contributed by atoms with Crippen molar-refractivity contribution in [2.24, 2.45) is 11.7 Å². The Morgan fingerprint density at radius 1 is 1.27 bits per heavy atom. The SMILES string of the molecule is CC(C)C(N)CCN(C)C(=O)c1ccnc(N2CCN(C)CC2)c1.Cl.Cl. The second-order valence-corrected chi connectivity index (χ2v) is 7.12. The third-order valence-electron chi connectivity index (χ3n) is 4.82. The monoisotopic (exact) mass is 405 g/mol. The zero-order valence-electron chi connectivity index (χ0n) is 16.2. The standard InChI is InChI=1S/C18H31N5O.2ClH/c1-14(2)16(19)6-8-22(4)18(24)15-5-7-20-17(13-15)23-11-9-21(3)10-12-23;;/h5,7,13-14,16H,6,8-12,19H2,1-4H3;2*1H. The molecule has 2 heterocycles. The zero-order valence-corrected chi connectivity index (χ0v) is 17.9. The number of hydrogen-bond donors (Lipinski definition) is 1. The first-order valence-corrected chi connectivity index (χ1v) is 8.79. The molecule has 0 spiro atoms. The first-order valence-electron chi connectivity index (χ1n) is 8.79. The number of anilines is 1. The number of rotatable bonds is 6. The quantitative estimate of drug-likeness (QED) is 0.784. The predicted octanol–water partition coefficient (Wildman–Crippen LogP) is 2.12. The van der Waals surface area contributed by atoms with Gasteiger partial charge in [-0.2, -0.15) is 0 Å². The van der Waals surface area contributed by atoms with Crippen molar-refractivity contribution in [3.8, 4) is 0 Å². The van der Waals surface area contributed by atoms with Crippen LogP contribution in [0.4, 0.5) is 5.82 Å². The summed E-state index contributed by atoms with van der Waals surface area (Å²) in [6.45, 7) is 8.82. The van der Waals surface area contributed by atoms with Crippen LogP contribution in [0.5, 0.6) is 0 Å². The van der Waals surface area contributed by atoms with E-state index in [0.717, 1.165) is 38.4 Å². The first-order chi connectivity index (χ1) is 11.4. The van der Waals surface area contributed by atoms with Crippen molar-refractivity contribution in [1.82, 2.24) is 14.8 Å². The lowest BCUT2D eigenvalue weighted by Gasteiger charge is -2.33. The lowest BCUT2D eigenvalue weighted by Crippen LogP contribution is -2.44. The van der Waals surface area contributed by atoms with E-state index in [2.05, 4.69) is 35.7 Å². The zero-order chi connectivity index (χ0) is 17.7. The average molecular weight is 406 g/mol. The Morgan fingerprint density at radius 3 is 2.46 bits per heavy atom. The summed E-state index contributed by atoms with van der Waals surface area (Å²) in [5.41, 5.74) is 6.77. The maximum absolute atomic E-state index is 12.6. The summed E-state index contributed by atoms with van der Waals surface area (Å²) in [5, 5.41) is 0. The van der Waals surface area contributed by atoms with Crippen molar-refractivity contribution in [3.05, 3.63) is 23.9 Å². The molecule has 1 fully saturated rings. The molecule has 1 aromatic rings. The van der Waals surface area contributed by atoms with E-state index in [4.69, 9.17) is 5.73 Å². The van der Waals surface area contributed by atoms with Crippen LogP contribution in [-0.4, -0.2) is 73.6 Å². The van der Waals surface area contributed by atoms with Crippen LogP contribution in [0.1, 0.15) is 30.6 Å². The number of piperazine rings is 1. The fourth-order valence-corrected chi connectivity index (χ4v) is 2.76. The molecule has 2 N–H and O–H groups in total. The Labute approximate surface area is 169 Å². The molecule has 2 rings (SSSR count). The molecule has 0 aromatic carbocycles. The Kier molecular flexibility index (Phi) is 11.1. The highest BCUT2D eigenvalue weighted by Gasteiger charge is 2.18. The van der Waals surface area contributed by atoms with Gasteiger partial charge < -0.3 is 20.4 Å². The first kappa shape index (κ1) is 24.9. The largest absolute Gasteiger partial charge is 0.354 e. The molecule has 1 saturated heterocycles. The summed E-state index contributed by atoms with van der Waals surface area (Å²) in [5.74, 6) is 1.35. The highest BCUT2D eigenvalue weighted by atomic mass is 35.5. The molecule has 6 nitrogen and oxygen atoms in total. The van der Waals surface area contributed by atoms with Crippen LogP contribution in [0.3, 0.4) is 0 Å². The normalized spacial score (nSPS) is 15.8. The van der Waals surface area contributed by atoms with Crippen LogP contribution in [-0.2, 0) is 0 Å². The van der Waals surface area contributed by atoms with Crippen molar-refractivity contribution in [1.29, 1.82) is 0 Å². The summed E-state index contributed by atoms with van der Waals surface area (Å²) >= 11 is 0.